The minimum Gasteiger partial charge on any atom is -0.490 e. The molecule has 2 aliphatic rings. The minimum atomic E-state index is -0.114. The molecule has 35 heavy (non-hydrogen) atoms. The number of hydrogen-bond donors (Lipinski definition) is 2. The van der Waals surface area contributed by atoms with E-state index in [1.165, 1.54) is 0 Å². The number of carbonyl (C=O) groups excluding carboxylic acids is 1. The van der Waals surface area contributed by atoms with Crippen molar-refractivity contribution in [2.24, 2.45) is 7.05 Å². The van der Waals surface area contributed by atoms with Gasteiger partial charge in [-0.3, -0.25) is 4.79 Å². The number of rotatable bonds is 5. The molecule has 1 saturated heterocycles. The lowest BCUT2D eigenvalue weighted by atomic mass is 9.96. The molecule has 1 amide bonds. The van der Waals surface area contributed by atoms with Crippen LogP contribution in [0.15, 0.2) is 54.7 Å². The molecule has 2 aliphatic heterocycles. The number of nitrogens with one attached hydrogen (secondary N) is 2. The van der Waals surface area contributed by atoms with Gasteiger partial charge in [0.2, 0.25) is 0 Å². The van der Waals surface area contributed by atoms with Gasteiger partial charge in [0.25, 0.3) is 5.91 Å². The highest BCUT2D eigenvalue weighted by atomic mass is 16.5. The van der Waals surface area contributed by atoms with Crippen LogP contribution in [0.3, 0.4) is 0 Å². The number of fused-ring (bicyclic) bond motifs is 1. The molecule has 0 saturated carbocycles. The summed E-state index contributed by atoms with van der Waals surface area (Å²) < 4.78 is 8.21. The number of hydrogen-bond acceptors (Lipinski definition) is 5. The van der Waals surface area contributed by atoms with Crippen molar-refractivity contribution in [2.75, 3.05) is 32.0 Å². The first-order valence-electron chi connectivity index (χ1n) is 12.3. The number of aryl methyl sites for hydroxylation is 1. The average molecular weight is 472 g/mol. The van der Waals surface area contributed by atoms with Gasteiger partial charge in [0, 0.05) is 50.1 Å². The van der Waals surface area contributed by atoms with Gasteiger partial charge in [-0.1, -0.05) is 18.2 Å². The fourth-order valence-corrected chi connectivity index (χ4v) is 4.73. The molecule has 0 aliphatic carbocycles. The van der Waals surface area contributed by atoms with Crippen molar-refractivity contribution < 1.29 is 9.53 Å². The van der Waals surface area contributed by atoms with Gasteiger partial charge in [0.15, 0.2) is 0 Å². The van der Waals surface area contributed by atoms with Crippen molar-refractivity contribution in [3.05, 3.63) is 71.7 Å². The fourth-order valence-electron chi connectivity index (χ4n) is 4.73. The van der Waals surface area contributed by atoms with Crippen molar-refractivity contribution in [1.29, 1.82) is 0 Å². The lowest BCUT2D eigenvalue weighted by Crippen LogP contribution is -2.35. The predicted octanol–water partition coefficient (Wildman–Crippen LogP) is 3.99. The Morgan fingerprint density at radius 2 is 1.89 bits per heavy atom. The lowest BCUT2D eigenvalue weighted by Gasteiger charge is -2.29. The molecular formula is C28H33N5O2. The summed E-state index contributed by atoms with van der Waals surface area (Å²) in [6.45, 7) is 5.47. The van der Waals surface area contributed by atoms with Crippen LogP contribution in [0, 0.1) is 6.92 Å². The normalized spacial score (nSPS) is 16.8. The van der Waals surface area contributed by atoms with Crippen LogP contribution < -0.4 is 15.4 Å². The molecule has 1 fully saturated rings. The molecule has 7 heteroatoms. The standard InChI is InChI=1S/C28H33N5O2/c1-19-30-18-27(33(19)3)20-4-5-21-17-29-13-10-25(26(21)16-20)28(34)31-22-6-8-23(9-7-22)35-24-11-14-32(2)15-12-24/h4-10,16,18,24,29H,11-15,17H2,1-3H3,(H,31,34). The largest absolute Gasteiger partial charge is 0.490 e. The van der Waals surface area contributed by atoms with Crippen LogP contribution in [0.25, 0.3) is 16.8 Å². The summed E-state index contributed by atoms with van der Waals surface area (Å²) in [7, 11) is 4.15. The van der Waals surface area contributed by atoms with Crippen molar-refractivity contribution in [3.63, 3.8) is 0 Å². The molecule has 0 spiro atoms. The average Bonchev–Trinajstić information content (AvgIpc) is 3.06. The first-order valence-corrected chi connectivity index (χ1v) is 12.3. The van der Waals surface area contributed by atoms with E-state index in [9.17, 15) is 4.79 Å². The Labute approximate surface area is 206 Å². The highest BCUT2D eigenvalue weighted by Crippen LogP contribution is 2.30. The second-order valence-electron chi connectivity index (χ2n) is 9.47. The highest BCUT2D eigenvalue weighted by molar-refractivity contribution is 6.25. The molecule has 5 rings (SSSR count). The molecule has 0 unspecified atom stereocenters. The van der Waals surface area contributed by atoms with E-state index in [-0.39, 0.29) is 12.0 Å². The second kappa shape index (κ2) is 10.1. The molecule has 0 bridgehead atoms. The van der Waals surface area contributed by atoms with E-state index >= 15 is 0 Å². The SMILES string of the molecule is Cc1ncc(-c2ccc3c(c2)C(C(=O)Nc2ccc(OC4CCN(C)CC4)cc2)=CCNC3)n1C. The molecule has 2 aromatic carbocycles. The van der Waals surface area contributed by atoms with Crippen molar-refractivity contribution in [3.8, 4) is 17.0 Å². The number of ether oxygens (including phenoxy) is 1. The Hall–Kier alpha value is -3.42. The number of aromatic nitrogens is 2. The van der Waals surface area contributed by atoms with Gasteiger partial charge in [-0.15, -0.1) is 0 Å². The van der Waals surface area contributed by atoms with E-state index in [0.717, 1.165) is 72.1 Å². The van der Waals surface area contributed by atoms with Gasteiger partial charge < -0.3 is 24.8 Å². The fraction of sp³-hybridized carbons (Fsp3) is 0.357. The number of anilines is 1. The van der Waals surface area contributed by atoms with Crippen LogP contribution in [0.2, 0.25) is 0 Å². The predicted molar refractivity (Wildman–Crippen MR) is 139 cm³/mol. The Morgan fingerprint density at radius 3 is 2.60 bits per heavy atom. The summed E-state index contributed by atoms with van der Waals surface area (Å²) in [5, 5.41) is 6.46. The molecule has 7 nitrogen and oxygen atoms in total. The Morgan fingerprint density at radius 1 is 1.11 bits per heavy atom. The van der Waals surface area contributed by atoms with Gasteiger partial charge in [0.05, 0.1) is 11.9 Å². The van der Waals surface area contributed by atoms with Crippen LogP contribution >= 0.6 is 0 Å². The smallest absolute Gasteiger partial charge is 0.256 e. The quantitative estimate of drug-likeness (QED) is 0.589. The Balaban J connectivity index is 1.32. The maximum Gasteiger partial charge on any atom is 0.256 e. The van der Waals surface area contributed by atoms with E-state index in [2.05, 4.69) is 50.3 Å². The van der Waals surface area contributed by atoms with E-state index in [0.29, 0.717) is 12.1 Å². The number of amides is 1. The topological polar surface area (TPSA) is 71.4 Å². The number of nitrogens with zero attached hydrogens (tertiary/aromatic N) is 3. The van der Waals surface area contributed by atoms with Crippen LogP contribution in [-0.2, 0) is 18.4 Å². The zero-order valence-electron chi connectivity index (χ0n) is 20.7. The van der Waals surface area contributed by atoms with Crippen LogP contribution in [-0.4, -0.2) is 53.1 Å². The summed E-state index contributed by atoms with van der Waals surface area (Å²) in [4.78, 5) is 20.1. The Bertz CT molecular complexity index is 1240. The Kier molecular flexibility index (Phi) is 6.70. The highest BCUT2D eigenvalue weighted by Gasteiger charge is 2.20. The van der Waals surface area contributed by atoms with E-state index < -0.39 is 0 Å². The summed E-state index contributed by atoms with van der Waals surface area (Å²) in [5.41, 5.74) is 5.56. The van der Waals surface area contributed by atoms with E-state index in [1.54, 1.807) is 0 Å². The van der Waals surface area contributed by atoms with Crippen LogP contribution in [0.4, 0.5) is 5.69 Å². The van der Waals surface area contributed by atoms with Crippen molar-refractivity contribution in [1.82, 2.24) is 19.8 Å². The van der Waals surface area contributed by atoms with Gasteiger partial charge in [0.1, 0.15) is 17.7 Å². The first kappa shape index (κ1) is 23.3. The number of piperidine rings is 1. The number of benzene rings is 2. The molecule has 3 heterocycles. The number of likely N-dealkylation sites (tertiary alicyclic amines) is 1. The number of imidazole rings is 1. The molecule has 1 aromatic heterocycles. The van der Waals surface area contributed by atoms with Crippen LogP contribution in [0.5, 0.6) is 5.75 Å². The maximum absolute atomic E-state index is 13.4. The summed E-state index contributed by atoms with van der Waals surface area (Å²) in [6.07, 6.45) is 6.18. The third-order valence-electron chi connectivity index (χ3n) is 7.01. The first-order chi connectivity index (χ1) is 17.0. The maximum atomic E-state index is 13.4. The molecule has 2 N–H and O–H groups in total. The van der Waals surface area contributed by atoms with E-state index in [4.69, 9.17) is 4.74 Å². The van der Waals surface area contributed by atoms with Crippen molar-refractivity contribution >= 4 is 17.2 Å². The molecule has 182 valence electrons. The van der Waals surface area contributed by atoms with Gasteiger partial charge in [-0.25, -0.2) is 4.98 Å². The molecule has 3 aromatic rings. The van der Waals surface area contributed by atoms with Gasteiger partial charge >= 0.3 is 0 Å². The van der Waals surface area contributed by atoms with Gasteiger partial charge in [-0.2, -0.15) is 0 Å². The number of carbonyl (C=O) groups is 1. The summed E-state index contributed by atoms with van der Waals surface area (Å²) >= 11 is 0. The monoisotopic (exact) mass is 471 g/mol. The van der Waals surface area contributed by atoms with Crippen molar-refractivity contribution in [2.45, 2.75) is 32.4 Å². The van der Waals surface area contributed by atoms with Crippen LogP contribution in [0.1, 0.15) is 29.8 Å². The zero-order chi connectivity index (χ0) is 24.4. The third kappa shape index (κ3) is 5.16. The molecule has 0 atom stereocenters. The minimum absolute atomic E-state index is 0.114. The molecular weight excluding hydrogens is 438 g/mol. The lowest BCUT2D eigenvalue weighted by molar-refractivity contribution is -0.111. The van der Waals surface area contributed by atoms with E-state index in [1.807, 2.05) is 50.5 Å². The zero-order valence-corrected chi connectivity index (χ0v) is 20.7. The van der Waals surface area contributed by atoms with Gasteiger partial charge in [-0.05, 0) is 68.3 Å². The third-order valence-corrected chi connectivity index (χ3v) is 7.01. The molecule has 0 radical (unpaired) electrons. The summed E-state index contributed by atoms with van der Waals surface area (Å²) in [5.74, 6) is 1.68. The summed E-state index contributed by atoms with van der Waals surface area (Å²) in [6, 6.07) is 14.0. The second-order valence-corrected chi connectivity index (χ2v) is 9.47.